The summed E-state index contributed by atoms with van der Waals surface area (Å²) in [6, 6.07) is 52.1. The number of nitrogens with one attached hydrogen (secondary N) is 1. The molecule has 0 aliphatic carbocycles. The second-order valence-electron chi connectivity index (χ2n) is 9.33. The van der Waals surface area contributed by atoms with Crippen molar-refractivity contribution in [1.82, 2.24) is 5.32 Å². The Morgan fingerprint density at radius 2 is 0.714 bits per heavy atom. The van der Waals surface area contributed by atoms with Crippen LogP contribution in [-0.4, -0.2) is 0 Å². The highest BCUT2D eigenvalue weighted by Gasteiger charge is 2.43. The molecule has 0 atom stereocenters. The van der Waals surface area contributed by atoms with E-state index >= 15 is 0 Å². The van der Waals surface area contributed by atoms with Crippen LogP contribution in [0.1, 0.15) is 40.3 Å². The van der Waals surface area contributed by atoms with Crippen molar-refractivity contribution in [2.24, 2.45) is 0 Å². The summed E-state index contributed by atoms with van der Waals surface area (Å²) in [5, 5.41) is 4.24. The molecule has 5 rings (SSSR count). The lowest BCUT2D eigenvalue weighted by molar-refractivity contribution is 0.332. The van der Waals surface area contributed by atoms with E-state index in [1.54, 1.807) is 0 Å². The maximum atomic E-state index is 4.24. The van der Waals surface area contributed by atoms with Gasteiger partial charge in [0.05, 0.1) is 11.1 Å². The zero-order valence-corrected chi connectivity index (χ0v) is 20.4. The van der Waals surface area contributed by atoms with Crippen molar-refractivity contribution in [3.63, 3.8) is 0 Å². The molecule has 0 radical (unpaired) electrons. The molecule has 0 unspecified atom stereocenters. The zero-order valence-electron chi connectivity index (χ0n) is 20.4. The van der Waals surface area contributed by atoms with Crippen LogP contribution in [0.4, 0.5) is 0 Å². The number of hydrogen-bond donors (Lipinski definition) is 1. The minimum atomic E-state index is -0.587. The highest BCUT2D eigenvalue weighted by atomic mass is 15.1. The first-order chi connectivity index (χ1) is 17.1. The average molecular weight is 454 g/mol. The van der Waals surface area contributed by atoms with E-state index in [1.807, 2.05) is 0 Å². The normalized spacial score (nSPS) is 11.8. The van der Waals surface area contributed by atoms with Gasteiger partial charge in [0, 0.05) is 0 Å². The molecule has 35 heavy (non-hydrogen) atoms. The first-order valence-electron chi connectivity index (χ1n) is 12.2. The van der Waals surface area contributed by atoms with Crippen LogP contribution in [-0.2, 0) is 11.1 Å². The predicted octanol–water partition coefficient (Wildman–Crippen LogP) is 7.84. The van der Waals surface area contributed by atoms with Crippen molar-refractivity contribution in [2.45, 2.75) is 24.9 Å². The molecule has 0 aliphatic rings. The summed E-state index contributed by atoms with van der Waals surface area (Å²) in [7, 11) is 0. The Morgan fingerprint density at radius 3 is 1.09 bits per heavy atom. The number of benzene rings is 5. The van der Waals surface area contributed by atoms with Gasteiger partial charge in [0.1, 0.15) is 0 Å². The van der Waals surface area contributed by atoms with E-state index in [-0.39, 0.29) is 0 Å². The Kier molecular flexibility index (Phi) is 6.35. The molecule has 5 aromatic carbocycles. The largest absolute Gasteiger partial charge is 0.287 e. The second kappa shape index (κ2) is 9.74. The Bertz CT molecular complexity index is 1260. The van der Waals surface area contributed by atoms with Gasteiger partial charge in [-0.3, -0.25) is 5.32 Å². The highest BCUT2D eigenvalue weighted by molar-refractivity contribution is 5.52. The molecule has 0 saturated heterocycles. The van der Waals surface area contributed by atoms with E-state index in [9.17, 15) is 0 Å². The van der Waals surface area contributed by atoms with Gasteiger partial charge < -0.3 is 0 Å². The van der Waals surface area contributed by atoms with Crippen LogP contribution in [0.3, 0.4) is 0 Å². The SMILES string of the molecule is Cc1ccc(C(NC(C)(c2ccccc2)c2ccccc2)(c2ccccc2)c2ccccc2)cc1. The molecule has 1 nitrogen and oxygen atoms in total. The first kappa shape index (κ1) is 22.8. The number of hydrogen-bond acceptors (Lipinski definition) is 1. The molecule has 1 N–H and O–H groups in total. The zero-order chi connectivity index (χ0) is 24.1. The highest BCUT2D eigenvalue weighted by Crippen LogP contribution is 2.42. The lowest BCUT2D eigenvalue weighted by Crippen LogP contribution is -2.55. The van der Waals surface area contributed by atoms with Gasteiger partial charge in [-0.25, -0.2) is 0 Å². The Hall–Kier alpha value is -3.94. The van der Waals surface area contributed by atoms with Crippen molar-refractivity contribution in [1.29, 1.82) is 0 Å². The summed E-state index contributed by atoms with van der Waals surface area (Å²) in [5.41, 5.74) is 6.23. The summed E-state index contributed by atoms with van der Waals surface area (Å²) in [6.07, 6.45) is 0. The molecule has 0 aromatic heterocycles. The van der Waals surface area contributed by atoms with Gasteiger partial charge in [0.2, 0.25) is 0 Å². The minimum absolute atomic E-state index is 0.473. The summed E-state index contributed by atoms with van der Waals surface area (Å²) < 4.78 is 0. The van der Waals surface area contributed by atoms with Crippen molar-refractivity contribution >= 4 is 0 Å². The van der Waals surface area contributed by atoms with Crippen LogP contribution < -0.4 is 5.32 Å². The number of rotatable bonds is 7. The van der Waals surface area contributed by atoms with Gasteiger partial charge in [-0.2, -0.15) is 0 Å². The van der Waals surface area contributed by atoms with Crippen LogP contribution in [0.15, 0.2) is 146 Å². The molecule has 5 aromatic rings. The van der Waals surface area contributed by atoms with Gasteiger partial charge in [-0.1, -0.05) is 151 Å². The maximum absolute atomic E-state index is 4.24. The maximum Gasteiger partial charge on any atom is 0.0957 e. The summed E-state index contributed by atoms with van der Waals surface area (Å²) in [5.74, 6) is 0. The third-order valence-electron chi connectivity index (χ3n) is 7.04. The third-order valence-corrected chi connectivity index (χ3v) is 7.04. The van der Waals surface area contributed by atoms with Gasteiger partial charge in [-0.05, 0) is 41.7 Å². The standard InChI is InChI=1S/C34H31N/c1-27-23-25-32(26-24-27)34(30-19-11-5-12-20-30,31-21-13-6-14-22-31)35-33(2,28-15-7-3-8-16-28)29-17-9-4-10-18-29/h3-26,35H,1-2H3. The lowest BCUT2D eigenvalue weighted by atomic mass is 9.73. The molecule has 0 spiro atoms. The van der Waals surface area contributed by atoms with E-state index in [0.29, 0.717) is 0 Å². The fourth-order valence-corrected chi connectivity index (χ4v) is 5.13. The third kappa shape index (κ3) is 4.32. The Morgan fingerprint density at radius 1 is 0.400 bits per heavy atom. The van der Waals surface area contributed by atoms with Gasteiger partial charge in [0.25, 0.3) is 0 Å². The quantitative estimate of drug-likeness (QED) is 0.248. The molecule has 0 saturated carbocycles. The van der Waals surface area contributed by atoms with Crippen molar-refractivity contribution < 1.29 is 0 Å². The molecule has 0 bridgehead atoms. The molecule has 172 valence electrons. The molecule has 0 heterocycles. The average Bonchev–Trinajstić information content (AvgIpc) is 2.94. The van der Waals surface area contributed by atoms with Crippen LogP contribution in [0, 0.1) is 6.92 Å². The Labute approximate surface area is 209 Å². The first-order valence-corrected chi connectivity index (χ1v) is 12.2. The van der Waals surface area contributed by atoms with Gasteiger partial charge >= 0.3 is 0 Å². The Balaban J connectivity index is 1.84. The van der Waals surface area contributed by atoms with Crippen molar-refractivity contribution in [3.05, 3.63) is 179 Å². The van der Waals surface area contributed by atoms with Crippen molar-refractivity contribution in [2.75, 3.05) is 0 Å². The molecular formula is C34H31N. The summed E-state index contributed by atoms with van der Waals surface area (Å²) in [4.78, 5) is 0. The second-order valence-corrected chi connectivity index (χ2v) is 9.33. The van der Waals surface area contributed by atoms with Crippen molar-refractivity contribution in [3.8, 4) is 0 Å². The smallest absolute Gasteiger partial charge is 0.0957 e. The molecular weight excluding hydrogens is 422 g/mol. The predicted molar refractivity (Wildman–Crippen MR) is 146 cm³/mol. The topological polar surface area (TPSA) is 12.0 Å². The van der Waals surface area contributed by atoms with Gasteiger partial charge in [-0.15, -0.1) is 0 Å². The van der Waals surface area contributed by atoms with E-state index in [1.165, 1.54) is 33.4 Å². The van der Waals surface area contributed by atoms with E-state index in [4.69, 9.17) is 0 Å². The summed E-state index contributed by atoms with van der Waals surface area (Å²) >= 11 is 0. The summed E-state index contributed by atoms with van der Waals surface area (Å²) in [6.45, 7) is 4.44. The lowest BCUT2D eigenvalue weighted by Gasteiger charge is -2.45. The molecule has 0 aliphatic heterocycles. The van der Waals surface area contributed by atoms with Crippen LogP contribution in [0.2, 0.25) is 0 Å². The van der Waals surface area contributed by atoms with Crippen LogP contribution in [0.5, 0.6) is 0 Å². The van der Waals surface area contributed by atoms with Crippen LogP contribution in [0.25, 0.3) is 0 Å². The fraction of sp³-hybridized carbons (Fsp3) is 0.118. The molecule has 0 amide bonds. The molecule has 0 fully saturated rings. The monoisotopic (exact) mass is 453 g/mol. The van der Waals surface area contributed by atoms with Crippen LogP contribution >= 0.6 is 0 Å². The van der Waals surface area contributed by atoms with E-state index in [0.717, 1.165) is 0 Å². The van der Waals surface area contributed by atoms with E-state index < -0.39 is 11.1 Å². The van der Waals surface area contributed by atoms with Gasteiger partial charge in [0.15, 0.2) is 0 Å². The number of aryl methyl sites for hydroxylation is 1. The van der Waals surface area contributed by atoms with E-state index in [2.05, 4.69) is 165 Å². The molecule has 1 heteroatoms. The minimum Gasteiger partial charge on any atom is -0.287 e. The fourth-order valence-electron chi connectivity index (χ4n) is 5.13.